The van der Waals surface area contributed by atoms with Gasteiger partial charge in [0.1, 0.15) is 0 Å². The molecule has 0 aromatic carbocycles. The second kappa shape index (κ2) is 2.80. The van der Waals surface area contributed by atoms with Crippen LogP contribution in [0, 0.1) is 0 Å². The maximum atomic E-state index is 8.88. The van der Waals surface area contributed by atoms with Gasteiger partial charge in [-0.15, -0.1) is 5.73 Å². The average Bonchev–Trinajstić information content (AvgIpc) is 2.30. The van der Waals surface area contributed by atoms with Crippen LogP contribution in [0.25, 0.3) is 0 Å². The van der Waals surface area contributed by atoms with Crippen LogP contribution in [-0.4, -0.2) is 23.5 Å². The summed E-state index contributed by atoms with van der Waals surface area (Å²) in [7, 11) is 0. The highest BCUT2D eigenvalue weighted by atomic mass is 16.5. The Labute approximate surface area is 66.3 Å². The summed E-state index contributed by atoms with van der Waals surface area (Å²) in [6.45, 7) is 7.78. The molecule has 0 aliphatic carbocycles. The molecule has 2 atom stereocenters. The van der Waals surface area contributed by atoms with Crippen LogP contribution in [0.15, 0.2) is 17.9 Å². The van der Waals surface area contributed by atoms with E-state index in [9.17, 15) is 0 Å². The molecule has 2 N–H and O–H groups in total. The first-order valence-electron chi connectivity index (χ1n) is 3.57. The maximum Gasteiger partial charge on any atom is 0.0964 e. The van der Waals surface area contributed by atoms with E-state index in [1.807, 2.05) is 13.8 Å². The average molecular weight is 155 g/mol. The number of rotatable bonds is 1. The van der Waals surface area contributed by atoms with Gasteiger partial charge >= 0.3 is 0 Å². The van der Waals surface area contributed by atoms with Crippen LogP contribution in [0.1, 0.15) is 13.8 Å². The first kappa shape index (κ1) is 8.50. The van der Waals surface area contributed by atoms with Gasteiger partial charge in [0.15, 0.2) is 0 Å². The normalized spacial score (nSPS) is 37.4. The monoisotopic (exact) mass is 155 g/mol. The Balaban J connectivity index is 2.96. The van der Waals surface area contributed by atoms with Crippen LogP contribution in [0.3, 0.4) is 0 Å². The zero-order valence-corrected chi connectivity index (χ0v) is 6.85. The molecule has 0 aromatic heterocycles. The topological polar surface area (TPSA) is 41.5 Å². The van der Waals surface area contributed by atoms with Crippen molar-refractivity contribution in [2.45, 2.75) is 25.5 Å². The number of hydroxylamine groups is 1. The Morgan fingerprint density at radius 1 is 1.91 bits per heavy atom. The summed E-state index contributed by atoms with van der Waals surface area (Å²) in [6, 6.07) is 0. The van der Waals surface area contributed by atoms with Gasteiger partial charge in [0.25, 0.3) is 0 Å². The third-order valence-electron chi connectivity index (χ3n) is 2.36. The molecule has 0 aromatic rings. The van der Waals surface area contributed by atoms with Gasteiger partial charge in [-0.3, -0.25) is 0 Å². The van der Waals surface area contributed by atoms with E-state index in [1.54, 1.807) is 0 Å². The fourth-order valence-electron chi connectivity index (χ4n) is 1.16. The minimum Gasteiger partial charge on any atom is -0.371 e. The molecule has 1 rings (SSSR count). The molecule has 1 aliphatic heterocycles. The van der Waals surface area contributed by atoms with Crippen molar-refractivity contribution in [3.63, 3.8) is 0 Å². The molecule has 0 saturated carbocycles. The van der Waals surface area contributed by atoms with E-state index < -0.39 is 5.54 Å². The van der Waals surface area contributed by atoms with Crippen LogP contribution in [-0.2, 0) is 4.74 Å². The van der Waals surface area contributed by atoms with E-state index in [0.29, 0.717) is 6.61 Å². The predicted molar refractivity (Wildman–Crippen MR) is 41.4 cm³/mol. The lowest BCUT2D eigenvalue weighted by Crippen LogP contribution is -2.47. The third kappa shape index (κ3) is 1.12. The zero-order chi connectivity index (χ0) is 8.48. The molecule has 0 unspecified atom stereocenters. The van der Waals surface area contributed by atoms with Gasteiger partial charge in [-0.05, 0) is 13.8 Å². The number of hydrogen-bond donors (Lipinski definition) is 2. The molecular weight excluding hydrogens is 142 g/mol. The number of hydrogen-bond acceptors (Lipinski definition) is 3. The maximum absolute atomic E-state index is 8.88. The smallest absolute Gasteiger partial charge is 0.0964 e. The predicted octanol–water partition coefficient (Wildman–Crippen LogP) is 0.854. The number of ether oxygens (including phenoxy) is 1. The Hall–Kier alpha value is -0.600. The summed E-state index contributed by atoms with van der Waals surface area (Å²) >= 11 is 0. The van der Waals surface area contributed by atoms with Crippen LogP contribution < -0.4 is 5.48 Å². The lowest BCUT2D eigenvalue weighted by molar-refractivity contribution is 0.0213. The lowest BCUT2D eigenvalue weighted by Gasteiger charge is -2.25. The van der Waals surface area contributed by atoms with Gasteiger partial charge in [-0.25, -0.2) is 0 Å². The van der Waals surface area contributed by atoms with Crippen molar-refractivity contribution in [2.75, 3.05) is 6.61 Å². The molecule has 62 valence electrons. The molecule has 0 radical (unpaired) electrons. The fraction of sp³-hybridized carbons (Fsp3) is 0.625. The second-order valence-corrected chi connectivity index (χ2v) is 2.92. The van der Waals surface area contributed by atoms with Crippen LogP contribution in [0.4, 0.5) is 0 Å². The van der Waals surface area contributed by atoms with Gasteiger partial charge in [-0.1, -0.05) is 6.58 Å². The highest BCUT2D eigenvalue weighted by Crippen LogP contribution is 2.28. The Morgan fingerprint density at radius 3 is 2.91 bits per heavy atom. The van der Waals surface area contributed by atoms with Gasteiger partial charge in [0.2, 0.25) is 0 Å². The van der Waals surface area contributed by atoms with Crippen molar-refractivity contribution >= 4 is 0 Å². The highest BCUT2D eigenvalue weighted by Gasteiger charge is 2.41. The summed E-state index contributed by atoms with van der Waals surface area (Å²) < 4.78 is 5.30. The highest BCUT2D eigenvalue weighted by molar-refractivity contribution is 5.23. The first-order valence-corrected chi connectivity index (χ1v) is 3.57. The summed E-state index contributed by atoms with van der Waals surface area (Å²) in [6.07, 6.45) is -0.0447. The van der Waals surface area contributed by atoms with E-state index in [2.05, 4.69) is 17.8 Å². The van der Waals surface area contributed by atoms with E-state index >= 15 is 0 Å². The van der Waals surface area contributed by atoms with Crippen LogP contribution >= 0.6 is 0 Å². The van der Waals surface area contributed by atoms with Crippen LogP contribution in [0.5, 0.6) is 0 Å². The van der Waals surface area contributed by atoms with Crippen molar-refractivity contribution in [3.8, 4) is 0 Å². The molecule has 1 heterocycles. The quantitative estimate of drug-likeness (QED) is 0.436. The zero-order valence-electron chi connectivity index (χ0n) is 6.85. The molecule has 0 bridgehead atoms. The molecule has 1 fully saturated rings. The molecule has 0 spiro atoms. The second-order valence-electron chi connectivity index (χ2n) is 2.92. The fourth-order valence-corrected chi connectivity index (χ4v) is 1.16. The molecule has 3 heteroatoms. The van der Waals surface area contributed by atoms with E-state index in [0.717, 1.165) is 5.57 Å². The molecular formula is C8H13NO2. The van der Waals surface area contributed by atoms with E-state index in [-0.39, 0.29) is 6.10 Å². The van der Waals surface area contributed by atoms with Gasteiger partial charge < -0.3 is 9.94 Å². The molecule has 3 nitrogen and oxygen atoms in total. The molecule has 1 aliphatic rings. The standard InChI is InChI=1S/C8H13NO2/c1-4-7-5-11-6(2)8(7,3)9-10/h6,9-10H,1,5H2,2-3H3/t6-,8-/m0/s1. The van der Waals surface area contributed by atoms with Crippen molar-refractivity contribution in [3.05, 3.63) is 17.9 Å². The van der Waals surface area contributed by atoms with E-state index in [4.69, 9.17) is 9.94 Å². The SMILES string of the molecule is C=C=C1CO[C@@H](C)[C@]1(C)NO. The van der Waals surface area contributed by atoms with Crippen molar-refractivity contribution in [1.29, 1.82) is 0 Å². The number of nitrogens with one attached hydrogen (secondary N) is 1. The Bertz CT molecular complexity index is 208. The molecule has 0 amide bonds. The van der Waals surface area contributed by atoms with Crippen molar-refractivity contribution < 1.29 is 9.94 Å². The molecule has 1 saturated heterocycles. The third-order valence-corrected chi connectivity index (χ3v) is 2.36. The Kier molecular flexibility index (Phi) is 2.16. The lowest BCUT2D eigenvalue weighted by atomic mass is 9.91. The minimum atomic E-state index is -0.512. The van der Waals surface area contributed by atoms with Gasteiger partial charge in [0.05, 0.1) is 18.2 Å². The van der Waals surface area contributed by atoms with Gasteiger partial charge in [0, 0.05) is 5.57 Å². The minimum absolute atomic E-state index is 0.0447. The summed E-state index contributed by atoms with van der Waals surface area (Å²) in [5.74, 6) is 0. The van der Waals surface area contributed by atoms with Crippen molar-refractivity contribution in [2.24, 2.45) is 0 Å². The summed E-state index contributed by atoms with van der Waals surface area (Å²) in [4.78, 5) is 0. The van der Waals surface area contributed by atoms with E-state index in [1.165, 1.54) is 0 Å². The largest absolute Gasteiger partial charge is 0.371 e. The van der Waals surface area contributed by atoms with Crippen molar-refractivity contribution in [1.82, 2.24) is 5.48 Å². The summed E-state index contributed by atoms with van der Waals surface area (Å²) in [5, 5.41) is 8.88. The molecule has 11 heavy (non-hydrogen) atoms. The summed E-state index contributed by atoms with van der Waals surface area (Å²) in [5.41, 5.74) is 5.34. The Morgan fingerprint density at radius 2 is 2.55 bits per heavy atom. The van der Waals surface area contributed by atoms with Crippen LogP contribution in [0.2, 0.25) is 0 Å². The van der Waals surface area contributed by atoms with Gasteiger partial charge in [-0.2, -0.15) is 5.48 Å². The first-order chi connectivity index (χ1) is 5.15.